The molecule has 0 radical (unpaired) electrons. The molecule has 118 valence electrons. The molecular weight excluding hydrogens is 252 g/mol. The summed E-state index contributed by atoms with van der Waals surface area (Å²) in [4.78, 5) is 11.8. The molecule has 0 spiro atoms. The normalized spacial score (nSPS) is 18.3. The van der Waals surface area contributed by atoms with E-state index in [4.69, 9.17) is 4.74 Å². The zero-order valence-corrected chi connectivity index (χ0v) is 14.0. The lowest BCUT2D eigenvalue weighted by atomic mass is 9.81. The third-order valence-corrected chi connectivity index (χ3v) is 3.64. The molecule has 1 rings (SSSR count). The quantitative estimate of drug-likeness (QED) is 0.785. The van der Waals surface area contributed by atoms with Crippen LogP contribution < -0.4 is 10.6 Å². The Bertz CT molecular complexity index is 317. The van der Waals surface area contributed by atoms with Gasteiger partial charge < -0.3 is 15.4 Å². The van der Waals surface area contributed by atoms with E-state index in [-0.39, 0.29) is 11.6 Å². The van der Waals surface area contributed by atoms with Gasteiger partial charge in [-0.1, -0.05) is 19.3 Å². The van der Waals surface area contributed by atoms with E-state index >= 15 is 0 Å². The van der Waals surface area contributed by atoms with E-state index in [0.717, 1.165) is 12.5 Å². The Morgan fingerprint density at radius 3 is 2.30 bits per heavy atom. The van der Waals surface area contributed by atoms with Gasteiger partial charge in [0.2, 0.25) is 0 Å². The lowest BCUT2D eigenvalue weighted by molar-refractivity contribution is 0.0470. The van der Waals surface area contributed by atoms with Crippen LogP contribution in [0.3, 0.4) is 0 Å². The third-order valence-electron chi connectivity index (χ3n) is 3.64. The van der Waals surface area contributed by atoms with E-state index in [2.05, 4.69) is 17.6 Å². The molecule has 1 fully saturated rings. The molecule has 1 saturated carbocycles. The fraction of sp³-hybridized carbons (Fsp3) is 0.938. The van der Waals surface area contributed by atoms with Crippen LogP contribution in [0.4, 0.5) is 4.79 Å². The van der Waals surface area contributed by atoms with Crippen molar-refractivity contribution in [2.24, 2.45) is 5.92 Å². The van der Waals surface area contributed by atoms with E-state index in [1.54, 1.807) is 0 Å². The molecule has 0 aromatic heterocycles. The predicted octanol–water partition coefficient (Wildman–Crippen LogP) is 3.46. The van der Waals surface area contributed by atoms with Crippen LogP contribution >= 0.6 is 0 Å². The number of hydrogen-bond donors (Lipinski definition) is 2. The first-order valence-corrected chi connectivity index (χ1v) is 7.82. The fourth-order valence-corrected chi connectivity index (χ4v) is 2.37. The molecule has 0 aromatic rings. The molecule has 0 saturated heterocycles. The van der Waals surface area contributed by atoms with Crippen molar-refractivity contribution in [3.8, 4) is 0 Å². The lowest BCUT2D eigenvalue weighted by Gasteiger charge is -2.32. The van der Waals surface area contributed by atoms with Crippen LogP contribution in [0.25, 0.3) is 0 Å². The second-order valence-electron chi connectivity index (χ2n) is 7.83. The van der Waals surface area contributed by atoms with Gasteiger partial charge in [-0.15, -0.1) is 0 Å². The summed E-state index contributed by atoms with van der Waals surface area (Å²) in [6.07, 6.45) is 5.04. The molecule has 0 aromatic carbocycles. The van der Waals surface area contributed by atoms with Crippen LogP contribution in [0.1, 0.15) is 67.2 Å². The van der Waals surface area contributed by atoms with E-state index in [1.165, 1.54) is 25.7 Å². The Morgan fingerprint density at radius 1 is 1.25 bits per heavy atom. The van der Waals surface area contributed by atoms with Gasteiger partial charge in [-0.05, 0) is 53.9 Å². The summed E-state index contributed by atoms with van der Waals surface area (Å²) in [5, 5.41) is 6.45. The van der Waals surface area contributed by atoms with Crippen LogP contribution in [-0.2, 0) is 4.74 Å². The highest BCUT2D eigenvalue weighted by molar-refractivity contribution is 5.68. The molecule has 0 bridgehead atoms. The Kier molecular flexibility index (Phi) is 5.87. The topological polar surface area (TPSA) is 50.4 Å². The molecule has 20 heavy (non-hydrogen) atoms. The van der Waals surface area contributed by atoms with Crippen molar-refractivity contribution in [1.82, 2.24) is 10.6 Å². The minimum atomic E-state index is -0.453. The number of rotatable bonds is 6. The Hall–Kier alpha value is -0.770. The second-order valence-corrected chi connectivity index (χ2v) is 7.83. The van der Waals surface area contributed by atoms with Gasteiger partial charge in [0, 0.05) is 12.6 Å². The molecule has 1 unspecified atom stereocenters. The molecule has 0 aliphatic heterocycles. The van der Waals surface area contributed by atoms with Gasteiger partial charge in [0.25, 0.3) is 0 Å². The van der Waals surface area contributed by atoms with Gasteiger partial charge in [0.15, 0.2) is 0 Å². The van der Waals surface area contributed by atoms with Crippen molar-refractivity contribution in [1.29, 1.82) is 0 Å². The van der Waals surface area contributed by atoms with Crippen molar-refractivity contribution in [2.75, 3.05) is 6.54 Å². The molecule has 1 aliphatic rings. The SMILES string of the molecule is CC(CC1CCC1)NCC(C)(C)NC(=O)OC(C)(C)C. The monoisotopic (exact) mass is 284 g/mol. The summed E-state index contributed by atoms with van der Waals surface area (Å²) >= 11 is 0. The van der Waals surface area contributed by atoms with Gasteiger partial charge in [-0.2, -0.15) is 0 Å². The van der Waals surface area contributed by atoms with Crippen molar-refractivity contribution < 1.29 is 9.53 Å². The van der Waals surface area contributed by atoms with E-state index in [9.17, 15) is 4.79 Å². The van der Waals surface area contributed by atoms with E-state index in [0.29, 0.717) is 6.04 Å². The molecule has 4 heteroatoms. The van der Waals surface area contributed by atoms with Gasteiger partial charge in [0.05, 0.1) is 5.54 Å². The standard InChI is InChI=1S/C16H32N2O2/c1-12(10-13-8-7-9-13)17-11-16(5,6)18-14(19)20-15(2,3)4/h12-13,17H,7-11H2,1-6H3,(H,18,19). The lowest BCUT2D eigenvalue weighted by Crippen LogP contribution is -2.53. The first-order valence-electron chi connectivity index (χ1n) is 7.82. The third kappa shape index (κ3) is 7.13. The predicted molar refractivity (Wildman–Crippen MR) is 82.9 cm³/mol. The summed E-state index contributed by atoms with van der Waals surface area (Å²) in [5.74, 6) is 0.902. The smallest absolute Gasteiger partial charge is 0.408 e. The summed E-state index contributed by atoms with van der Waals surface area (Å²) in [6.45, 7) is 12.6. The molecular formula is C16H32N2O2. The highest BCUT2D eigenvalue weighted by atomic mass is 16.6. The van der Waals surface area contributed by atoms with Gasteiger partial charge in [0.1, 0.15) is 5.60 Å². The highest BCUT2D eigenvalue weighted by Gasteiger charge is 2.26. The van der Waals surface area contributed by atoms with E-state index < -0.39 is 5.60 Å². The van der Waals surface area contributed by atoms with Gasteiger partial charge in [-0.25, -0.2) is 4.79 Å². The first-order chi connectivity index (χ1) is 9.07. The number of alkyl carbamates (subject to hydrolysis) is 1. The van der Waals surface area contributed by atoms with Crippen LogP contribution in [0.5, 0.6) is 0 Å². The van der Waals surface area contributed by atoms with Gasteiger partial charge >= 0.3 is 6.09 Å². The maximum atomic E-state index is 11.8. The summed E-state index contributed by atoms with van der Waals surface area (Å²) in [7, 11) is 0. The van der Waals surface area contributed by atoms with E-state index in [1.807, 2.05) is 34.6 Å². The zero-order valence-electron chi connectivity index (χ0n) is 14.0. The highest BCUT2D eigenvalue weighted by Crippen LogP contribution is 2.30. The number of carbonyl (C=O) groups excluding carboxylic acids is 1. The molecule has 1 aliphatic carbocycles. The van der Waals surface area contributed by atoms with Crippen molar-refractivity contribution in [3.05, 3.63) is 0 Å². The zero-order chi connectivity index (χ0) is 15.4. The van der Waals surface area contributed by atoms with Crippen molar-refractivity contribution in [2.45, 2.75) is 84.4 Å². The maximum Gasteiger partial charge on any atom is 0.408 e. The van der Waals surface area contributed by atoms with Crippen LogP contribution in [0.2, 0.25) is 0 Å². The average molecular weight is 284 g/mol. The Labute approximate surface area is 124 Å². The van der Waals surface area contributed by atoms with Crippen LogP contribution in [0, 0.1) is 5.92 Å². The van der Waals surface area contributed by atoms with Crippen molar-refractivity contribution in [3.63, 3.8) is 0 Å². The first kappa shape index (κ1) is 17.3. The number of ether oxygens (including phenoxy) is 1. The summed E-state index contributed by atoms with van der Waals surface area (Å²) < 4.78 is 5.29. The summed E-state index contributed by atoms with van der Waals surface area (Å²) in [6, 6.07) is 0.500. The summed E-state index contributed by atoms with van der Waals surface area (Å²) in [5.41, 5.74) is -0.763. The Balaban J connectivity index is 2.27. The average Bonchev–Trinajstić information content (AvgIpc) is 2.17. The fourth-order valence-electron chi connectivity index (χ4n) is 2.37. The molecule has 0 heterocycles. The van der Waals surface area contributed by atoms with Crippen LogP contribution in [-0.4, -0.2) is 29.8 Å². The number of carbonyl (C=O) groups is 1. The molecule has 4 nitrogen and oxygen atoms in total. The number of hydrogen-bond acceptors (Lipinski definition) is 3. The number of nitrogens with one attached hydrogen (secondary N) is 2. The largest absolute Gasteiger partial charge is 0.444 e. The molecule has 2 N–H and O–H groups in total. The maximum absolute atomic E-state index is 11.8. The molecule has 1 amide bonds. The number of amides is 1. The minimum Gasteiger partial charge on any atom is -0.444 e. The van der Waals surface area contributed by atoms with Gasteiger partial charge in [-0.3, -0.25) is 0 Å². The second kappa shape index (κ2) is 6.79. The molecule has 1 atom stereocenters. The Morgan fingerprint density at radius 2 is 1.85 bits per heavy atom. The minimum absolute atomic E-state index is 0.309. The van der Waals surface area contributed by atoms with Crippen molar-refractivity contribution >= 4 is 6.09 Å². The van der Waals surface area contributed by atoms with Crippen LogP contribution in [0.15, 0.2) is 0 Å².